The van der Waals surface area contributed by atoms with Crippen molar-refractivity contribution in [1.82, 2.24) is 0 Å². The van der Waals surface area contributed by atoms with Gasteiger partial charge >= 0.3 is 0 Å². The molecule has 0 saturated carbocycles. The van der Waals surface area contributed by atoms with Crippen molar-refractivity contribution >= 4 is 11.6 Å². The zero-order valence-electron chi connectivity index (χ0n) is 11.6. The van der Waals surface area contributed by atoms with E-state index in [1.54, 1.807) is 36.4 Å². The van der Waals surface area contributed by atoms with E-state index in [1.807, 2.05) is 36.4 Å². The lowest BCUT2D eigenvalue weighted by Crippen LogP contribution is -2.10. The molecule has 0 atom stereocenters. The molecule has 0 spiro atoms. The number of rotatable bonds is 3. The largest absolute Gasteiger partial charge is 0.451 e. The van der Waals surface area contributed by atoms with Crippen LogP contribution in [0.2, 0.25) is 0 Å². The van der Waals surface area contributed by atoms with Crippen molar-refractivity contribution in [3.05, 3.63) is 78.1 Å². The topological polar surface area (TPSA) is 66.0 Å². The van der Waals surface area contributed by atoms with Crippen LogP contribution in [-0.4, -0.2) is 5.91 Å². The molecule has 1 amide bonds. The van der Waals surface area contributed by atoms with Gasteiger partial charge in [-0.05, 0) is 30.3 Å². The Morgan fingerprint density at radius 2 is 1.82 bits per heavy atom. The molecule has 1 aromatic heterocycles. The van der Waals surface area contributed by atoms with Gasteiger partial charge in [0.2, 0.25) is 0 Å². The van der Waals surface area contributed by atoms with Gasteiger partial charge in [0.1, 0.15) is 5.76 Å². The molecule has 4 nitrogen and oxygen atoms in total. The minimum Gasteiger partial charge on any atom is -0.451 e. The minimum absolute atomic E-state index is 0.223. The SMILES string of the molecule is N#Cc1cccc(NC(=O)c2ccc(-c3ccccc3)o2)c1. The average molecular weight is 288 g/mol. The zero-order chi connectivity index (χ0) is 15.4. The summed E-state index contributed by atoms with van der Waals surface area (Å²) in [7, 11) is 0. The first kappa shape index (κ1) is 13.7. The lowest BCUT2D eigenvalue weighted by molar-refractivity contribution is 0.0997. The predicted octanol–water partition coefficient (Wildman–Crippen LogP) is 4.07. The van der Waals surface area contributed by atoms with Crippen molar-refractivity contribution in [2.75, 3.05) is 5.32 Å². The molecule has 3 rings (SSSR count). The quantitative estimate of drug-likeness (QED) is 0.790. The number of nitriles is 1. The highest BCUT2D eigenvalue weighted by molar-refractivity contribution is 6.02. The van der Waals surface area contributed by atoms with E-state index in [4.69, 9.17) is 9.68 Å². The second kappa shape index (κ2) is 5.98. The summed E-state index contributed by atoms with van der Waals surface area (Å²) in [6.07, 6.45) is 0. The van der Waals surface area contributed by atoms with Gasteiger partial charge in [0.15, 0.2) is 5.76 Å². The average Bonchev–Trinajstić information content (AvgIpc) is 3.06. The second-order valence-corrected chi connectivity index (χ2v) is 4.68. The van der Waals surface area contributed by atoms with Crippen molar-refractivity contribution in [1.29, 1.82) is 5.26 Å². The van der Waals surface area contributed by atoms with Gasteiger partial charge in [0, 0.05) is 11.3 Å². The molecular weight excluding hydrogens is 276 g/mol. The monoisotopic (exact) mass is 288 g/mol. The molecule has 3 aromatic rings. The first-order valence-electron chi connectivity index (χ1n) is 6.73. The Kier molecular flexibility index (Phi) is 3.71. The molecule has 22 heavy (non-hydrogen) atoms. The zero-order valence-corrected chi connectivity index (χ0v) is 11.6. The number of carbonyl (C=O) groups is 1. The van der Waals surface area contributed by atoms with Crippen LogP contribution >= 0.6 is 0 Å². The van der Waals surface area contributed by atoms with E-state index in [-0.39, 0.29) is 11.7 Å². The normalized spacial score (nSPS) is 9.95. The maximum atomic E-state index is 12.2. The van der Waals surface area contributed by atoms with Crippen LogP contribution in [0.4, 0.5) is 5.69 Å². The van der Waals surface area contributed by atoms with Crippen molar-refractivity contribution in [3.8, 4) is 17.4 Å². The molecule has 0 radical (unpaired) electrons. The predicted molar refractivity (Wildman–Crippen MR) is 83.3 cm³/mol. The molecule has 0 unspecified atom stereocenters. The Balaban J connectivity index is 1.79. The van der Waals surface area contributed by atoms with Crippen LogP contribution in [0, 0.1) is 11.3 Å². The summed E-state index contributed by atoms with van der Waals surface area (Å²) in [6, 6.07) is 21.7. The third kappa shape index (κ3) is 2.89. The van der Waals surface area contributed by atoms with E-state index in [0.29, 0.717) is 17.0 Å². The van der Waals surface area contributed by atoms with Gasteiger partial charge in [-0.2, -0.15) is 5.26 Å². The fourth-order valence-electron chi connectivity index (χ4n) is 2.08. The van der Waals surface area contributed by atoms with Crippen LogP contribution in [0.25, 0.3) is 11.3 Å². The number of benzene rings is 2. The first-order chi connectivity index (χ1) is 10.8. The van der Waals surface area contributed by atoms with E-state index in [2.05, 4.69) is 5.32 Å². The summed E-state index contributed by atoms with van der Waals surface area (Å²) >= 11 is 0. The maximum Gasteiger partial charge on any atom is 0.291 e. The van der Waals surface area contributed by atoms with Crippen LogP contribution in [0.15, 0.2) is 71.1 Å². The number of nitrogens with zero attached hydrogens (tertiary/aromatic N) is 1. The van der Waals surface area contributed by atoms with Crippen molar-refractivity contribution < 1.29 is 9.21 Å². The van der Waals surface area contributed by atoms with Crippen LogP contribution in [0.1, 0.15) is 16.1 Å². The van der Waals surface area contributed by atoms with Crippen molar-refractivity contribution in [3.63, 3.8) is 0 Å². The van der Waals surface area contributed by atoms with Crippen LogP contribution in [0.3, 0.4) is 0 Å². The molecular formula is C18H12N2O2. The number of carbonyl (C=O) groups excluding carboxylic acids is 1. The summed E-state index contributed by atoms with van der Waals surface area (Å²) in [5.41, 5.74) is 1.96. The summed E-state index contributed by atoms with van der Waals surface area (Å²) in [5, 5.41) is 11.6. The third-order valence-corrected chi connectivity index (χ3v) is 3.14. The summed E-state index contributed by atoms with van der Waals surface area (Å²) in [5.74, 6) is 0.509. The highest BCUT2D eigenvalue weighted by Gasteiger charge is 2.12. The number of hydrogen-bond donors (Lipinski definition) is 1. The molecule has 0 fully saturated rings. The molecule has 2 aromatic carbocycles. The second-order valence-electron chi connectivity index (χ2n) is 4.68. The highest BCUT2D eigenvalue weighted by atomic mass is 16.3. The highest BCUT2D eigenvalue weighted by Crippen LogP contribution is 2.22. The Morgan fingerprint density at radius 3 is 2.59 bits per heavy atom. The maximum absolute atomic E-state index is 12.2. The van der Waals surface area contributed by atoms with Gasteiger partial charge in [-0.1, -0.05) is 36.4 Å². The summed E-state index contributed by atoms with van der Waals surface area (Å²) < 4.78 is 5.58. The lowest BCUT2D eigenvalue weighted by Gasteiger charge is -2.03. The lowest BCUT2D eigenvalue weighted by atomic mass is 10.2. The Bertz CT molecular complexity index is 845. The van der Waals surface area contributed by atoms with Crippen molar-refractivity contribution in [2.24, 2.45) is 0 Å². The standard InChI is InChI=1S/C18H12N2O2/c19-12-13-5-4-8-15(11-13)20-18(21)17-10-9-16(22-17)14-6-2-1-3-7-14/h1-11H,(H,20,21). The smallest absolute Gasteiger partial charge is 0.291 e. The molecule has 0 saturated heterocycles. The fraction of sp³-hybridized carbons (Fsp3) is 0. The van der Waals surface area contributed by atoms with Gasteiger partial charge in [-0.3, -0.25) is 4.79 Å². The van der Waals surface area contributed by atoms with E-state index in [0.717, 1.165) is 5.56 Å². The number of amides is 1. The number of nitrogens with one attached hydrogen (secondary N) is 1. The van der Waals surface area contributed by atoms with E-state index in [9.17, 15) is 4.79 Å². The third-order valence-electron chi connectivity index (χ3n) is 3.14. The van der Waals surface area contributed by atoms with Crippen LogP contribution < -0.4 is 5.32 Å². The van der Waals surface area contributed by atoms with Gasteiger partial charge < -0.3 is 9.73 Å². The number of hydrogen-bond acceptors (Lipinski definition) is 3. The Hall–Kier alpha value is -3.32. The van der Waals surface area contributed by atoms with E-state index < -0.39 is 0 Å². The van der Waals surface area contributed by atoms with Gasteiger partial charge in [-0.15, -0.1) is 0 Å². The Labute approximate surface area is 127 Å². The van der Waals surface area contributed by atoms with Crippen molar-refractivity contribution in [2.45, 2.75) is 0 Å². The van der Waals surface area contributed by atoms with Gasteiger partial charge in [-0.25, -0.2) is 0 Å². The van der Waals surface area contributed by atoms with E-state index >= 15 is 0 Å². The molecule has 0 bridgehead atoms. The fourth-order valence-corrected chi connectivity index (χ4v) is 2.08. The van der Waals surface area contributed by atoms with Gasteiger partial charge in [0.05, 0.1) is 11.6 Å². The molecule has 1 heterocycles. The minimum atomic E-state index is -0.350. The molecule has 4 heteroatoms. The first-order valence-corrected chi connectivity index (χ1v) is 6.73. The molecule has 0 aliphatic rings. The van der Waals surface area contributed by atoms with Crippen LogP contribution in [-0.2, 0) is 0 Å². The van der Waals surface area contributed by atoms with Gasteiger partial charge in [0.25, 0.3) is 5.91 Å². The molecule has 106 valence electrons. The Morgan fingerprint density at radius 1 is 1.00 bits per heavy atom. The molecule has 1 N–H and O–H groups in total. The molecule has 0 aliphatic carbocycles. The van der Waals surface area contributed by atoms with Crippen LogP contribution in [0.5, 0.6) is 0 Å². The summed E-state index contributed by atoms with van der Waals surface area (Å²) in [6.45, 7) is 0. The molecule has 0 aliphatic heterocycles. The number of anilines is 1. The van der Waals surface area contributed by atoms with E-state index in [1.165, 1.54) is 0 Å². The summed E-state index contributed by atoms with van der Waals surface area (Å²) in [4.78, 5) is 12.2. The number of furan rings is 1.